The topological polar surface area (TPSA) is 63.7 Å². The molecule has 0 aromatic heterocycles. The lowest BCUT2D eigenvalue weighted by atomic mass is 9.89. The molecular formula is C17H18NO3+. The average molecular weight is 284 g/mol. The van der Waals surface area contributed by atoms with Crippen LogP contribution in [0.5, 0.6) is 5.75 Å². The number of fused-ring (bicyclic) bond motifs is 1. The van der Waals surface area contributed by atoms with Crippen LogP contribution in [0.25, 0.3) is 0 Å². The molecule has 0 bridgehead atoms. The first-order chi connectivity index (χ1) is 10.2. The van der Waals surface area contributed by atoms with Gasteiger partial charge in [0.25, 0.3) is 0 Å². The molecule has 1 unspecified atom stereocenters. The van der Waals surface area contributed by atoms with E-state index in [1.54, 1.807) is 12.1 Å². The number of para-hydroxylation sites is 1. The van der Waals surface area contributed by atoms with Crippen LogP contribution in [0.2, 0.25) is 0 Å². The second kappa shape index (κ2) is 5.97. The minimum absolute atomic E-state index is 0.269. The molecule has 0 saturated carbocycles. The number of benzene rings is 2. The predicted octanol–water partition coefficient (Wildman–Crippen LogP) is 1.24. The first-order valence-electron chi connectivity index (χ1n) is 7.07. The van der Waals surface area contributed by atoms with Crippen LogP contribution >= 0.6 is 0 Å². The highest BCUT2D eigenvalue weighted by Gasteiger charge is 2.22. The molecule has 1 atom stereocenters. The fraction of sp³-hybridized carbons (Fsp3) is 0.235. The largest absolute Gasteiger partial charge is 0.556 e. The van der Waals surface area contributed by atoms with E-state index in [2.05, 4.69) is 11.1 Å². The summed E-state index contributed by atoms with van der Waals surface area (Å²) < 4.78 is 5.33. The van der Waals surface area contributed by atoms with Gasteiger partial charge in [0, 0.05) is 18.1 Å². The minimum atomic E-state index is -0.322. The van der Waals surface area contributed by atoms with Crippen LogP contribution in [0, 0.1) is 0 Å². The Balaban J connectivity index is 1.85. The van der Waals surface area contributed by atoms with Gasteiger partial charge in [0.15, 0.2) is 0 Å². The highest BCUT2D eigenvalue weighted by Crippen LogP contribution is 2.25. The van der Waals surface area contributed by atoms with E-state index in [0.717, 1.165) is 24.1 Å². The normalized spacial score (nSPS) is 18.1. The molecule has 2 aromatic carbocycles. The van der Waals surface area contributed by atoms with Crippen molar-refractivity contribution in [3.05, 3.63) is 59.7 Å². The third-order valence-corrected chi connectivity index (χ3v) is 3.66. The van der Waals surface area contributed by atoms with Crippen molar-refractivity contribution in [3.8, 4) is 5.75 Å². The maximum atomic E-state index is 9.94. The Bertz CT molecular complexity index is 652. The summed E-state index contributed by atoms with van der Waals surface area (Å²) in [7, 11) is 0. The molecule has 2 aromatic rings. The fourth-order valence-electron chi connectivity index (χ4n) is 2.63. The predicted molar refractivity (Wildman–Crippen MR) is 79.8 cm³/mol. The zero-order valence-electron chi connectivity index (χ0n) is 11.6. The van der Waals surface area contributed by atoms with Crippen LogP contribution in [0.3, 0.4) is 0 Å². The average Bonchev–Trinajstić information content (AvgIpc) is 2.49. The van der Waals surface area contributed by atoms with E-state index in [4.69, 9.17) is 4.74 Å². The van der Waals surface area contributed by atoms with Crippen molar-refractivity contribution in [3.63, 3.8) is 0 Å². The summed E-state index contributed by atoms with van der Waals surface area (Å²) in [6.07, 6.45) is 1.64. The Morgan fingerprint density at radius 1 is 1.10 bits per heavy atom. The van der Waals surface area contributed by atoms with Gasteiger partial charge in [-0.1, -0.05) is 30.3 Å². The van der Waals surface area contributed by atoms with Crippen LogP contribution in [0.4, 0.5) is 5.69 Å². The van der Waals surface area contributed by atoms with Gasteiger partial charge in [0.2, 0.25) is 5.69 Å². The van der Waals surface area contributed by atoms with Gasteiger partial charge in [-0.25, -0.2) is 0 Å². The van der Waals surface area contributed by atoms with Crippen molar-refractivity contribution in [2.75, 3.05) is 0 Å². The van der Waals surface area contributed by atoms with Gasteiger partial charge < -0.3 is 14.9 Å². The molecule has 0 spiro atoms. The van der Waals surface area contributed by atoms with Crippen molar-refractivity contribution in [2.24, 2.45) is 0 Å². The Morgan fingerprint density at radius 2 is 1.90 bits per heavy atom. The third-order valence-electron chi connectivity index (χ3n) is 3.66. The highest BCUT2D eigenvalue weighted by atomic mass is 16.6. The molecular weight excluding hydrogens is 266 g/mol. The Kier molecular flexibility index (Phi) is 3.88. The molecule has 108 valence electrons. The van der Waals surface area contributed by atoms with Crippen LogP contribution in [-0.2, 0) is 12.8 Å². The van der Waals surface area contributed by atoms with Gasteiger partial charge >= 0.3 is 6.08 Å². The number of aliphatic hydroxyl groups is 2. The minimum Gasteiger partial charge on any atom is -0.429 e. The molecule has 3 N–H and O–H groups in total. The summed E-state index contributed by atoms with van der Waals surface area (Å²) in [6.45, 7) is 0. The smallest absolute Gasteiger partial charge is 0.429 e. The van der Waals surface area contributed by atoms with E-state index >= 15 is 0 Å². The van der Waals surface area contributed by atoms with E-state index in [-0.39, 0.29) is 12.2 Å². The van der Waals surface area contributed by atoms with E-state index in [9.17, 15) is 10.2 Å². The van der Waals surface area contributed by atoms with Gasteiger partial charge in [-0.3, -0.25) is 0 Å². The highest BCUT2D eigenvalue weighted by molar-refractivity contribution is 5.63. The molecule has 4 heteroatoms. The summed E-state index contributed by atoms with van der Waals surface area (Å²) in [6, 6.07) is 15.0. The van der Waals surface area contributed by atoms with Gasteiger partial charge in [-0.2, -0.15) is 0 Å². The maximum absolute atomic E-state index is 9.94. The SMILES string of the molecule is OC(=[NH+]c1cccc2c1CC(O)CC2)Oc1ccccc1. The molecule has 0 saturated heterocycles. The lowest BCUT2D eigenvalue weighted by Gasteiger charge is -2.19. The number of nitrogens with one attached hydrogen (secondary N) is 1. The van der Waals surface area contributed by atoms with Crippen LogP contribution in [0.15, 0.2) is 48.5 Å². The molecule has 0 fully saturated rings. The fourth-order valence-corrected chi connectivity index (χ4v) is 2.63. The summed E-state index contributed by atoms with van der Waals surface area (Å²) in [5, 5.41) is 19.8. The van der Waals surface area contributed by atoms with E-state index in [1.165, 1.54) is 5.56 Å². The lowest BCUT2D eigenvalue weighted by Crippen LogP contribution is -2.68. The van der Waals surface area contributed by atoms with Crippen LogP contribution in [-0.4, -0.2) is 22.4 Å². The second-order valence-electron chi connectivity index (χ2n) is 5.19. The first-order valence-corrected chi connectivity index (χ1v) is 7.07. The number of hydrogen-bond donors (Lipinski definition) is 3. The van der Waals surface area contributed by atoms with Crippen molar-refractivity contribution >= 4 is 11.8 Å². The standard InChI is InChI=1S/C17H17NO3/c19-13-10-9-12-5-4-8-16(15(12)11-13)18-17(20)21-14-6-2-1-3-7-14/h1-8,13,19H,9-11H2,(H,18,20)/p+1. The van der Waals surface area contributed by atoms with Crippen LogP contribution < -0.4 is 9.73 Å². The third kappa shape index (κ3) is 3.23. The number of aliphatic hydroxyl groups excluding tert-OH is 2. The summed E-state index contributed by atoms with van der Waals surface area (Å²) >= 11 is 0. The van der Waals surface area contributed by atoms with E-state index in [0.29, 0.717) is 12.2 Å². The van der Waals surface area contributed by atoms with Gasteiger partial charge in [0.05, 0.1) is 6.10 Å². The molecule has 0 radical (unpaired) electrons. The van der Waals surface area contributed by atoms with Crippen molar-refractivity contribution < 1.29 is 19.9 Å². The summed E-state index contributed by atoms with van der Waals surface area (Å²) in [4.78, 5) is 2.88. The molecule has 1 aliphatic rings. The van der Waals surface area contributed by atoms with Crippen LogP contribution in [0.1, 0.15) is 17.5 Å². The summed E-state index contributed by atoms with van der Waals surface area (Å²) in [5.74, 6) is 0.562. The molecule has 3 rings (SSSR count). The van der Waals surface area contributed by atoms with Gasteiger partial charge in [-0.05, 0) is 30.5 Å². The quantitative estimate of drug-likeness (QED) is 0.574. The molecule has 4 nitrogen and oxygen atoms in total. The van der Waals surface area contributed by atoms with Gasteiger partial charge in [-0.15, -0.1) is 4.99 Å². The van der Waals surface area contributed by atoms with Crippen molar-refractivity contribution in [2.45, 2.75) is 25.4 Å². The molecule has 0 heterocycles. The maximum Gasteiger partial charge on any atom is 0.556 e. The number of aryl methyl sites for hydroxylation is 1. The van der Waals surface area contributed by atoms with Gasteiger partial charge in [0.1, 0.15) is 5.75 Å². The zero-order chi connectivity index (χ0) is 14.7. The second-order valence-corrected chi connectivity index (χ2v) is 5.19. The first kappa shape index (κ1) is 13.6. The number of ether oxygens (including phenoxy) is 1. The monoisotopic (exact) mass is 284 g/mol. The molecule has 0 amide bonds. The zero-order valence-corrected chi connectivity index (χ0v) is 11.6. The Hall–Kier alpha value is -2.33. The Morgan fingerprint density at radius 3 is 2.71 bits per heavy atom. The van der Waals surface area contributed by atoms with E-state index < -0.39 is 0 Å². The molecule has 0 aliphatic heterocycles. The Labute approximate surface area is 123 Å². The number of hydrogen-bond acceptors (Lipinski definition) is 2. The lowest BCUT2D eigenvalue weighted by molar-refractivity contribution is -0.378. The number of rotatable bonds is 2. The van der Waals surface area contributed by atoms with E-state index in [1.807, 2.05) is 30.3 Å². The van der Waals surface area contributed by atoms with Crippen molar-refractivity contribution in [1.29, 1.82) is 0 Å². The van der Waals surface area contributed by atoms with Crippen molar-refractivity contribution in [1.82, 2.24) is 0 Å². The molecule has 1 aliphatic carbocycles. The summed E-state index contributed by atoms with van der Waals surface area (Å²) in [5.41, 5.74) is 3.02. The molecule has 21 heavy (non-hydrogen) atoms.